The normalized spacial score (nSPS) is 11.0. The predicted octanol–water partition coefficient (Wildman–Crippen LogP) is 5.55. The lowest BCUT2D eigenvalue weighted by Crippen LogP contribution is -2.36. The minimum atomic E-state index is 0.931. The summed E-state index contributed by atoms with van der Waals surface area (Å²) in [4.78, 5) is 9.57. The van der Waals surface area contributed by atoms with Gasteiger partial charge in [-0.15, -0.1) is 0 Å². The third-order valence-corrected chi connectivity index (χ3v) is 5.56. The van der Waals surface area contributed by atoms with Gasteiger partial charge in [0.25, 0.3) is 0 Å². The molecular formula is C26H36N4+2. The van der Waals surface area contributed by atoms with E-state index in [-0.39, 0.29) is 0 Å². The van der Waals surface area contributed by atoms with Crippen LogP contribution in [0, 0.1) is 0 Å². The number of nitrogens with zero attached hydrogens (tertiary/aromatic N) is 4. The minimum Gasteiger partial charge on any atom is -0.246 e. The van der Waals surface area contributed by atoms with Gasteiger partial charge in [0.1, 0.15) is 13.1 Å². The van der Waals surface area contributed by atoms with E-state index in [0.717, 1.165) is 35.9 Å². The van der Waals surface area contributed by atoms with Crippen LogP contribution in [-0.2, 0) is 13.1 Å². The standard InChI is InChI=1S/C26H36N4/c1-3-5-7-11-17-29-19-13-9-15-25(29)23-21-28-24(22-27-23)26-16-10-14-20-30(26)18-12-8-6-4-2/h9-10,13-16,19-22H,3-8,11-12,17-18H2,1-2H3/q+2. The predicted molar refractivity (Wildman–Crippen MR) is 122 cm³/mol. The molecule has 0 aliphatic rings. The summed E-state index contributed by atoms with van der Waals surface area (Å²) >= 11 is 0. The second-order valence-electron chi connectivity index (χ2n) is 7.97. The maximum atomic E-state index is 4.78. The summed E-state index contributed by atoms with van der Waals surface area (Å²) < 4.78 is 4.60. The van der Waals surface area contributed by atoms with E-state index in [1.54, 1.807) is 0 Å². The number of aromatic nitrogens is 4. The Bertz CT molecular complexity index is 815. The van der Waals surface area contributed by atoms with E-state index in [1.165, 1.54) is 51.4 Å². The molecule has 0 saturated carbocycles. The molecule has 0 aliphatic carbocycles. The molecule has 0 saturated heterocycles. The molecule has 0 unspecified atom stereocenters. The van der Waals surface area contributed by atoms with Crippen molar-refractivity contribution < 1.29 is 9.13 Å². The first-order valence-corrected chi connectivity index (χ1v) is 11.6. The van der Waals surface area contributed by atoms with Crippen LogP contribution in [0.4, 0.5) is 0 Å². The van der Waals surface area contributed by atoms with Gasteiger partial charge in [0.15, 0.2) is 23.8 Å². The van der Waals surface area contributed by atoms with Crippen molar-refractivity contribution in [3.8, 4) is 22.8 Å². The molecule has 0 radical (unpaired) electrons. The molecule has 4 nitrogen and oxygen atoms in total. The van der Waals surface area contributed by atoms with Gasteiger partial charge in [0.05, 0.1) is 12.4 Å². The van der Waals surface area contributed by atoms with Crippen molar-refractivity contribution in [2.24, 2.45) is 0 Å². The Morgan fingerprint density at radius 3 is 1.47 bits per heavy atom. The van der Waals surface area contributed by atoms with Crippen LogP contribution >= 0.6 is 0 Å². The lowest BCUT2D eigenvalue weighted by molar-refractivity contribution is -0.687. The van der Waals surface area contributed by atoms with Crippen molar-refractivity contribution in [3.05, 3.63) is 61.2 Å². The van der Waals surface area contributed by atoms with Crippen molar-refractivity contribution in [2.75, 3.05) is 0 Å². The molecule has 4 heteroatoms. The third-order valence-electron chi connectivity index (χ3n) is 5.56. The molecule has 3 heterocycles. The van der Waals surface area contributed by atoms with Crippen LogP contribution in [0.25, 0.3) is 22.8 Å². The van der Waals surface area contributed by atoms with Crippen LogP contribution in [0.1, 0.15) is 65.2 Å². The maximum Gasteiger partial charge on any atom is 0.232 e. The monoisotopic (exact) mass is 404 g/mol. The van der Waals surface area contributed by atoms with Crippen LogP contribution in [0.5, 0.6) is 0 Å². The van der Waals surface area contributed by atoms with E-state index in [9.17, 15) is 0 Å². The van der Waals surface area contributed by atoms with E-state index in [4.69, 9.17) is 9.97 Å². The Hall–Kier alpha value is -2.62. The van der Waals surface area contributed by atoms with Crippen LogP contribution in [-0.4, -0.2) is 9.97 Å². The van der Waals surface area contributed by atoms with E-state index in [0.29, 0.717) is 0 Å². The molecule has 3 rings (SSSR count). The highest BCUT2D eigenvalue weighted by Gasteiger charge is 2.17. The smallest absolute Gasteiger partial charge is 0.232 e. The number of hydrogen-bond acceptors (Lipinski definition) is 2. The van der Waals surface area contributed by atoms with E-state index < -0.39 is 0 Å². The summed E-state index contributed by atoms with van der Waals surface area (Å²) in [6, 6.07) is 12.6. The summed E-state index contributed by atoms with van der Waals surface area (Å²) in [7, 11) is 0. The maximum absolute atomic E-state index is 4.78. The molecule has 0 bridgehead atoms. The van der Waals surface area contributed by atoms with Gasteiger partial charge in [-0.1, -0.05) is 39.5 Å². The topological polar surface area (TPSA) is 33.5 Å². The molecule has 158 valence electrons. The van der Waals surface area contributed by atoms with Crippen molar-refractivity contribution >= 4 is 0 Å². The highest BCUT2D eigenvalue weighted by atomic mass is 15.0. The molecule has 0 atom stereocenters. The Balaban J connectivity index is 1.75. The second kappa shape index (κ2) is 12.2. The van der Waals surface area contributed by atoms with Crippen molar-refractivity contribution in [1.29, 1.82) is 0 Å². The number of aryl methyl sites for hydroxylation is 2. The van der Waals surface area contributed by atoms with Gasteiger partial charge in [0.2, 0.25) is 11.4 Å². The second-order valence-corrected chi connectivity index (χ2v) is 7.97. The van der Waals surface area contributed by atoms with Crippen LogP contribution in [0.2, 0.25) is 0 Å². The summed E-state index contributed by atoms with van der Waals surface area (Å²) in [6.45, 7) is 6.55. The van der Waals surface area contributed by atoms with Crippen molar-refractivity contribution in [1.82, 2.24) is 9.97 Å². The van der Waals surface area contributed by atoms with Gasteiger partial charge in [0, 0.05) is 37.1 Å². The first-order chi connectivity index (χ1) is 14.8. The zero-order chi connectivity index (χ0) is 21.0. The van der Waals surface area contributed by atoms with Crippen LogP contribution in [0.3, 0.4) is 0 Å². The number of hydrogen-bond donors (Lipinski definition) is 0. The van der Waals surface area contributed by atoms with Crippen molar-refractivity contribution in [2.45, 2.75) is 78.3 Å². The molecule has 3 aromatic rings. The summed E-state index contributed by atoms with van der Waals surface area (Å²) in [5, 5.41) is 0. The minimum absolute atomic E-state index is 0.931. The number of pyridine rings is 2. The fraction of sp³-hybridized carbons (Fsp3) is 0.462. The van der Waals surface area contributed by atoms with Gasteiger partial charge >= 0.3 is 0 Å². The molecule has 0 spiro atoms. The van der Waals surface area contributed by atoms with Gasteiger partial charge in [-0.05, 0) is 25.0 Å². The van der Waals surface area contributed by atoms with E-state index >= 15 is 0 Å². The molecule has 30 heavy (non-hydrogen) atoms. The molecule has 3 aromatic heterocycles. The van der Waals surface area contributed by atoms with Gasteiger partial charge < -0.3 is 0 Å². The Morgan fingerprint density at radius 1 is 0.600 bits per heavy atom. The SMILES string of the molecule is CCCCCC[n+]1ccccc1-c1cnc(-c2cccc[n+]2CCCCCC)cn1. The average molecular weight is 405 g/mol. The lowest BCUT2D eigenvalue weighted by atomic mass is 10.2. The quantitative estimate of drug-likeness (QED) is 0.293. The number of rotatable bonds is 12. The third kappa shape index (κ3) is 6.19. The lowest BCUT2D eigenvalue weighted by Gasteiger charge is -2.05. The Morgan fingerprint density at radius 2 is 1.07 bits per heavy atom. The van der Waals surface area contributed by atoms with Crippen LogP contribution < -0.4 is 9.13 Å². The molecule has 0 aliphatic heterocycles. The largest absolute Gasteiger partial charge is 0.246 e. The zero-order valence-corrected chi connectivity index (χ0v) is 18.6. The zero-order valence-electron chi connectivity index (χ0n) is 18.6. The highest BCUT2D eigenvalue weighted by Crippen LogP contribution is 2.16. The van der Waals surface area contributed by atoms with Gasteiger partial charge in [-0.2, -0.15) is 9.13 Å². The summed E-state index contributed by atoms with van der Waals surface area (Å²) in [5.74, 6) is 0. The Labute approximate surface area is 181 Å². The molecule has 0 aromatic carbocycles. The first kappa shape index (κ1) is 22.1. The highest BCUT2D eigenvalue weighted by molar-refractivity contribution is 5.54. The summed E-state index contributed by atoms with van der Waals surface area (Å²) in [6.07, 6.45) is 18.2. The van der Waals surface area contributed by atoms with E-state index in [2.05, 4.69) is 71.8 Å². The molecule has 0 fully saturated rings. The fourth-order valence-corrected chi connectivity index (χ4v) is 3.82. The van der Waals surface area contributed by atoms with Gasteiger partial charge in [-0.25, -0.2) is 9.97 Å². The molecular weight excluding hydrogens is 368 g/mol. The molecule has 0 N–H and O–H groups in total. The fourth-order valence-electron chi connectivity index (χ4n) is 3.82. The summed E-state index contributed by atoms with van der Waals surface area (Å²) in [5.41, 5.74) is 4.13. The van der Waals surface area contributed by atoms with Crippen molar-refractivity contribution in [3.63, 3.8) is 0 Å². The number of unbranched alkanes of at least 4 members (excludes halogenated alkanes) is 6. The Kier molecular flexibility index (Phi) is 8.95. The van der Waals surface area contributed by atoms with Crippen LogP contribution in [0.15, 0.2) is 61.2 Å². The molecule has 0 amide bonds. The first-order valence-electron chi connectivity index (χ1n) is 11.6. The van der Waals surface area contributed by atoms with E-state index in [1.807, 2.05) is 12.4 Å². The van der Waals surface area contributed by atoms with Gasteiger partial charge in [-0.3, -0.25) is 0 Å². The average Bonchev–Trinajstić information content (AvgIpc) is 2.80.